The maximum Gasteiger partial charge on any atom is 0.243 e. The third-order valence-corrected chi connectivity index (χ3v) is 6.23. The molecule has 0 saturated heterocycles. The molecule has 0 radical (unpaired) electrons. The largest absolute Gasteiger partial charge is 0.352 e. The predicted molar refractivity (Wildman–Crippen MR) is 127 cm³/mol. The monoisotopic (exact) mass is 446 g/mol. The first-order chi connectivity index (χ1) is 14.4. The lowest BCUT2D eigenvalue weighted by molar-refractivity contribution is -0.139. The molecule has 6 heteroatoms. The van der Waals surface area contributed by atoms with E-state index in [9.17, 15) is 9.59 Å². The zero-order valence-electron chi connectivity index (χ0n) is 17.9. The Kier molecular flexibility index (Phi) is 10.2. The molecule has 0 unspecified atom stereocenters. The molecule has 0 heterocycles. The van der Waals surface area contributed by atoms with Crippen LogP contribution in [0.5, 0.6) is 0 Å². The van der Waals surface area contributed by atoms with Crippen LogP contribution in [0.3, 0.4) is 0 Å². The van der Waals surface area contributed by atoms with Crippen molar-refractivity contribution in [2.24, 2.45) is 0 Å². The number of amides is 2. The van der Waals surface area contributed by atoms with E-state index in [1.165, 1.54) is 5.56 Å². The van der Waals surface area contributed by atoms with Gasteiger partial charge in [0.25, 0.3) is 0 Å². The molecule has 0 fully saturated rings. The van der Waals surface area contributed by atoms with E-state index in [1.54, 1.807) is 16.7 Å². The molecule has 0 saturated carbocycles. The molecule has 162 valence electrons. The number of halogens is 1. The van der Waals surface area contributed by atoms with Crippen LogP contribution in [0.2, 0.25) is 5.02 Å². The molecule has 0 aromatic heterocycles. The summed E-state index contributed by atoms with van der Waals surface area (Å²) < 4.78 is 0. The molecule has 1 N–H and O–H groups in total. The molecule has 0 bridgehead atoms. The van der Waals surface area contributed by atoms with Gasteiger partial charge < -0.3 is 10.2 Å². The molecule has 0 aliphatic heterocycles. The highest BCUT2D eigenvalue weighted by Crippen LogP contribution is 2.18. The minimum Gasteiger partial charge on any atom is -0.352 e. The SMILES string of the molecule is CC[C@H](C(=O)N[C@@H](C)CC)N(Cc1ccc(Cl)cc1)C(=O)CSCc1ccccc1. The lowest BCUT2D eigenvalue weighted by atomic mass is 10.1. The van der Waals surface area contributed by atoms with E-state index in [-0.39, 0.29) is 17.9 Å². The lowest BCUT2D eigenvalue weighted by Gasteiger charge is -2.31. The van der Waals surface area contributed by atoms with Crippen LogP contribution in [0.1, 0.15) is 44.7 Å². The van der Waals surface area contributed by atoms with Crippen LogP contribution in [-0.2, 0) is 21.9 Å². The second-order valence-electron chi connectivity index (χ2n) is 7.37. The Bertz CT molecular complexity index is 799. The van der Waals surface area contributed by atoms with E-state index in [2.05, 4.69) is 17.4 Å². The number of hydrogen-bond acceptors (Lipinski definition) is 3. The minimum atomic E-state index is -0.500. The minimum absolute atomic E-state index is 0.0305. The summed E-state index contributed by atoms with van der Waals surface area (Å²) in [6, 6.07) is 17.1. The van der Waals surface area contributed by atoms with E-state index in [0.717, 1.165) is 17.7 Å². The van der Waals surface area contributed by atoms with Gasteiger partial charge in [-0.3, -0.25) is 9.59 Å². The van der Waals surface area contributed by atoms with Gasteiger partial charge in [0.15, 0.2) is 0 Å². The molecule has 2 aromatic carbocycles. The van der Waals surface area contributed by atoms with Gasteiger partial charge >= 0.3 is 0 Å². The number of carbonyl (C=O) groups is 2. The Balaban J connectivity index is 2.12. The van der Waals surface area contributed by atoms with Crippen molar-refractivity contribution < 1.29 is 9.59 Å². The fourth-order valence-electron chi connectivity index (χ4n) is 3.06. The maximum atomic E-state index is 13.2. The Labute approximate surface area is 189 Å². The number of carbonyl (C=O) groups excluding carboxylic acids is 2. The number of hydrogen-bond donors (Lipinski definition) is 1. The van der Waals surface area contributed by atoms with Crippen LogP contribution >= 0.6 is 23.4 Å². The van der Waals surface area contributed by atoms with E-state index in [0.29, 0.717) is 23.7 Å². The quantitative estimate of drug-likeness (QED) is 0.509. The van der Waals surface area contributed by atoms with E-state index in [4.69, 9.17) is 11.6 Å². The average molecular weight is 447 g/mol. The summed E-state index contributed by atoms with van der Waals surface area (Å²) in [7, 11) is 0. The van der Waals surface area contributed by atoms with Gasteiger partial charge in [-0.1, -0.05) is 67.9 Å². The Morgan fingerprint density at radius 2 is 1.67 bits per heavy atom. The van der Waals surface area contributed by atoms with Gasteiger partial charge in [-0.2, -0.15) is 0 Å². The number of thioether (sulfide) groups is 1. The smallest absolute Gasteiger partial charge is 0.243 e. The van der Waals surface area contributed by atoms with Crippen molar-refractivity contribution in [3.05, 3.63) is 70.7 Å². The first kappa shape index (κ1) is 24.3. The molecule has 2 atom stereocenters. The number of benzene rings is 2. The van der Waals surface area contributed by atoms with Crippen LogP contribution in [0.25, 0.3) is 0 Å². The van der Waals surface area contributed by atoms with Gasteiger partial charge in [0.2, 0.25) is 11.8 Å². The number of nitrogens with zero attached hydrogens (tertiary/aromatic N) is 1. The Hall–Kier alpha value is -1.98. The number of rotatable bonds is 11. The molecule has 30 heavy (non-hydrogen) atoms. The summed E-state index contributed by atoms with van der Waals surface area (Å²) in [5.74, 6) is 0.964. The fraction of sp³-hybridized carbons (Fsp3) is 0.417. The summed E-state index contributed by atoms with van der Waals surface area (Å²) in [6.07, 6.45) is 1.41. The summed E-state index contributed by atoms with van der Waals surface area (Å²) in [6.45, 7) is 6.34. The highest BCUT2D eigenvalue weighted by atomic mass is 35.5. The maximum absolute atomic E-state index is 13.2. The molecule has 2 aromatic rings. The van der Waals surface area contributed by atoms with Crippen molar-refractivity contribution >= 4 is 35.2 Å². The first-order valence-electron chi connectivity index (χ1n) is 10.4. The first-order valence-corrected chi connectivity index (χ1v) is 11.9. The zero-order valence-corrected chi connectivity index (χ0v) is 19.5. The fourth-order valence-corrected chi connectivity index (χ4v) is 4.06. The molecule has 2 rings (SSSR count). The lowest BCUT2D eigenvalue weighted by Crippen LogP contribution is -2.51. The average Bonchev–Trinajstić information content (AvgIpc) is 2.75. The molecule has 4 nitrogen and oxygen atoms in total. The van der Waals surface area contributed by atoms with E-state index in [1.807, 2.05) is 63.2 Å². The van der Waals surface area contributed by atoms with Crippen molar-refractivity contribution in [1.29, 1.82) is 0 Å². The van der Waals surface area contributed by atoms with Crippen LogP contribution < -0.4 is 5.32 Å². The normalized spacial score (nSPS) is 12.8. The van der Waals surface area contributed by atoms with Crippen LogP contribution in [-0.4, -0.2) is 34.6 Å². The topological polar surface area (TPSA) is 49.4 Å². The highest BCUT2D eigenvalue weighted by Gasteiger charge is 2.29. The van der Waals surface area contributed by atoms with Gasteiger partial charge in [-0.05, 0) is 43.0 Å². The van der Waals surface area contributed by atoms with Crippen LogP contribution in [0.4, 0.5) is 0 Å². The number of nitrogens with one attached hydrogen (secondary N) is 1. The molecule has 0 aliphatic carbocycles. The predicted octanol–water partition coefficient (Wildman–Crippen LogP) is 5.30. The highest BCUT2D eigenvalue weighted by molar-refractivity contribution is 7.99. The second-order valence-corrected chi connectivity index (χ2v) is 8.79. The van der Waals surface area contributed by atoms with Gasteiger partial charge in [0.05, 0.1) is 5.75 Å². The van der Waals surface area contributed by atoms with Gasteiger partial charge in [0, 0.05) is 23.4 Å². The van der Waals surface area contributed by atoms with Crippen molar-refractivity contribution in [2.45, 2.75) is 58.0 Å². The second kappa shape index (κ2) is 12.7. The standard InChI is InChI=1S/C24H31ClN2O2S/c1-4-18(3)26-24(29)22(5-2)27(15-19-11-13-21(25)14-12-19)23(28)17-30-16-20-9-7-6-8-10-20/h6-14,18,22H,4-5,15-17H2,1-3H3,(H,26,29)/t18-,22+/m0/s1. The third-order valence-electron chi connectivity index (χ3n) is 4.99. The molecular formula is C24H31ClN2O2S. The van der Waals surface area contributed by atoms with Gasteiger partial charge in [-0.25, -0.2) is 0 Å². The van der Waals surface area contributed by atoms with Crippen molar-refractivity contribution in [2.75, 3.05) is 5.75 Å². The summed E-state index contributed by atoms with van der Waals surface area (Å²) in [5, 5.41) is 3.68. The Morgan fingerprint density at radius 3 is 2.27 bits per heavy atom. The molecule has 0 aliphatic rings. The van der Waals surface area contributed by atoms with E-state index >= 15 is 0 Å². The van der Waals surface area contributed by atoms with Crippen molar-refractivity contribution in [3.63, 3.8) is 0 Å². The molecule has 2 amide bonds. The third kappa shape index (κ3) is 7.69. The van der Waals surface area contributed by atoms with Crippen molar-refractivity contribution in [1.82, 2.24) is 10.2 Å². The molecule has 0 spiro atoms. The van der Waals surface area contributed by atoms with E-state index < -0.39 is 6.04 Å². The van der Waals surface area contributed by atoms with Crippen LogP contribution in [0, 0.1) is 0 Å². The van der Waals surface area contributed by atoms with Gasteiger partial charge in [-0.15, -0.1) is 11.8 Å². The summed E-state index contributed by atoms with van der Waals surface area (Å²) in [5.41, 5.74) is 2.14. The van der Waals surface area contributed by atoms with Crippen molar-refractivity contribution in [3.8, 4) is 0 Å². The Morgan fingerprint density at radius 1 is 1.00 bits per heavy atom. The summed E-state index contributed by atoms with van der Waals surface area (Å²) in [4.78, 5) is 27.8. The zero-order chi connectivity index (χ0) is 21.9. The molecular weight excluding hydrogens is 416 g/mol. The van der Waals surface area contributed by atoms with Crippen LogP contribution in [0.15, 0.2) is 54.6 Å². The summed E-state index contributed by atoms with van der Waals surface area (Å²) >= 11 is 7.57. The van der Waals surface area contributed by atoms with Gasteiger partial charge in [0.1, 0.15) is 6.04 Å².